The second-order valence-corrected chi connectivity index (χ2v) is 8.33. The maximum Gasteiger partial charge on any atom is 0.0430 e. The summed E-state index contributed by atoms with van der Waals surface area (Å²) in [5, 5.41) is 1.43. The molecule has 0 amide bonds. The zero-order chi connectivity index (χ0) is 21.5. The highest BCUT2D eigenvalue weighted by Gasteiger charge is 2.20. The Morgan fingerprint density at radius 3 is 2.53 bits per heavy atom. The molecule has 0 nitrogen and oxygen atoms in total. The molecule has 3 aromatic rings. The van der Waals surface area contributed by atoms with Gasteiger partial charge in [-0.1, -0.05) is 98.8 Å². The first-order chi connectivity index (χ1) is 14.7. The molecule has 1 heterocycles. The van der Waals surface area contributed by atoms with Gasteiger partial charge in [-0.25, -0.2) is 0 Å². The summed E-state index contributed by atoms with van der Waals surface area (Å²) in [6.07, 6.45) is 14.2. The van der Waals surface area contributed by atoms with Crippen LogP contribution in [0.1, 0.15) is 49.6 Å². The molecular weight excluding hydrogens is 380 g/mol. The Morgan fingerprint density at radius 1 is 1.07 bits per heavy atom. The molecule has 2 aromatic carbocycles. The van der Waals surface area contributed by atoms with Crippen LogP contribution in [0.4, 0.5) is 0 Å². The van der Waals surface area contributed by atoms with E-state index in [1.54, 1.807) is 0 Å². The van der Waals surface area contributed by atoms with Crippen LogP contribution in [0.15, 0.2) is 85.0 Å². The number of benzene rings is 2. The van der Waals surface area contributed by atoms with Crippen LogP contribution in [0.2, 0.25) is 0 Å². The molecule has 30 heavy (non-hydrogen) atoms. The lowest BCUT2D eigenvalue weighted by molar-refractivity contribution is 0.858. The van der Waals surface area contributed by atoms with Crippen LogP contribution in [0.5, 0.6) is 0 Å². The summed E-state index contributed by atoms with van der Waals surface area (Å²) in [7, 11) is 0. The van der Waals surface area contributed by atoms with Crippen molar-refractivity contribution in [1.82, 2.24) is 0 Å². The highest BCUT2D eigenvalue weighted by atomic mass is 32.1. The molecule has 1 heteroatoms. The Hall–Kier alpha value is -2.64. The molecule has 0 unspecified atom stereocenters. The molecule has 0 spiro atoms. The van der Waals surface area contributed by atoms with Gasteiger partial charge in [0.1, 0.15) is 0 Å². The first kappa shape index (κ1) is 22.1. The lowest BCUT2D eigenvalue weighted by atomic mass is 9.97. The van der Waals surface area contributed by atoms with Crippen LogP contribution < -0.4 is 0 Å². The van der Waals surface area contributed by atoms with Gasteiger partial charge in [0.15, 0.2) is 0 Å². The summed E-state index contributed by atoms with van der Waals surface area (Å²) in [6, 6.07) is 15.7. The average molecular weight is 413 g/mol. The second kappa shape index (κ2) is 10.4. The number of hydrogen-bond donors (Lipinski definition) is 0. The van der Waals surface area contributed by atoms with Gasteiger partial charge in [0.25, 0.3) is 0 Å². The van der Waals surface area contributed by atoms with Crippen LogP contribution in [0, 0.1) is 6.92 Å². The average Bonchev–Trinajstić information content (AvgIpc) is 3.03. The molecule has 0 atom stereocenters. The summed E-state index contributed by atoms with van der Waals surface area (Å²) in [4.78, 5) is 1.44. The fourth-order valence-electron chi connectivity index (χ4n) is 3.98. The van der Waals surface area contributed by atoms with Crippen molar-refractivity contribution in [2.75, 3.05) is 0 Å². The largest absolute Gasteiger partial charge is 0.134 e. The Morgan fingerprint density at radius 2 is 1.83 bits per heavy atom. The minimum Gasteiger partial charge on any atom is -0.134 e. The molecule has 0 saturated heterocycles. The van der Waals surface area contributed by atoms with Gasteiger partial charge in [0, 0.05) is 9.58 Å². The third kappa shape index (κ3) is 4.42. The normalized spacial score (nSPS) is 14.0. The van der Waals surface area contributed by atoms with E-state index in [1.807, 2.05) is 37.3 Å². The van der Waals surface area contributed by atoms with E-state index in [9.17, 15) is 0 Å². The van der Waals surface area contributed by atoms with Gasteiger partial charge in [-0.2, -0.15) is 0 Å². The van der Waals surface area contributed by atoms with E-state index in [2.05, 4.69) is 81.1 Å². The zero-order valence-corrected chi connectivity index (χ0v) is 19.5. The predicted molar refractivity (Wildman–Crippen MR) is 137 cm³/mol. The minimum atomic E-state index is 1.13. The molecule has 0 bridgehead atoms. The molecule has 0 saturated carbocycles. The van der Waals surface area contributed by atoms with Gasteiger partial charge in [-0.15, -0.1) is 11.3 Å². The van der Waals surface area contributed by atoms with Crippen molar-refractivity contribution in [3.05, 3.63) is 101 Å². The molecule has 1 aromatic heterocycles. The summed E-state index contributed by atoms with van der Waals surface area (Å²) in [5.41, 5.74) is 8.13. The van der Waals surface area contributed by atoms with Crippen molar-refractivity contribution >= 4 is 27.0 Å². The lowest BCUT2D eigenvalue weighted by Crippen LogP contribution is -1.88. The van der Waals surface area contributed by atoms with E-state index < -0.39 is 0 Å². The molecule has 4 rings (SSSR count). The predicted octanol–water partition coefficient (Wildman–Crippen LogP) is 9.31. The minimum absolute atomic E-state index is 1.13. The van der Waals surface area contributed by atoms with E-state index in [0.29, 0.717) is 0 Å². The molecule has 154 valence electrons. The Balaban J connectivity index is 0.00000124. The Kier molecular flexibility index (Phi) is 7.65. The third-order valence-corrected chi connectivity index (χ3v) is 6.75. The molecule has 0 aliphatic heterocycles. The topological polar surface area (TPSA) is 0 Å². The van der Waals surface area contributed by atoms with Gasteiger partial charge in [-0.3, -0.25) is 0 Å². The van der Waals surface area contributed by atoms with Crippen LogP contribution in [-0.4, -0.2) is 0 Å². The van der Waals surface area contributed by atoms with Crippen LogP contribution >= 0.6 is 11.3 Å². The SMILES string of the molecule is C=C/C=C\C(=C/C)C1=CCCCc2c1sc1c(-c3ccc(C)cc3)cccc21.CC. The molecule has 1 aliphatic carbocycles. The quantitative estimate of drug-likeness (QED) is 0.374. The number of rotatable bonds is 4. The standard InChI is InChI=1S/C27H26S.C2H6/c1-4-6-10-20(5-2)22-11-7-8-12-24-25-14-9-13-23(27(25)28-26(22)24)21-17-15-19(3)16-18-21;1-2/h4-6,9-11,13-18H,1,7-8,12H2,2-3H3;1-2H3/b10-6-,20-5+;. The summed E-state index contributed by atoms with van der Waals surface area (Å²) >= 11 is 1.96. The van der Waals surface area contributed by atoms with Crippen molar-refractivity contribution in [2.24, 2.45) is 0 Å². The van der Waals surface area contributed by atoms with Crippen LogP contribution in [0.3, 0.4) is 0 Å². The van der Waals surface area contributed by atoms with E-state index >= 15 is 0 Å². The van der Waals surface area contributed by atoms with E-state index in [-0.39, 0.29) is 0 Å². The second-order valence-electron chi connectivity index (χ2n) is 7.31. The van der Waals surface area contributed by atoms with Gasteiger partial charge in [0.2, 0.25) is 0 Å². The number of hydrogen-bond acceptors (Lipinski definition) is 1. The third-order valence-electron chi connectivity index (χ3n) is 5.44. The smallest absolute Gasteiger partial charge is 0.0430 e. The van der Waals surface area contributed by atoms with E-state index in [4.69, 9.17) is 0 Å². The van der Waals surface area contributed by atoms with Crippen molar-refractivity contribution in [1.29, 1.82) is 0 Å². The molecular formula is C29H32S. The van der Waals surface area contributed by atoms with Gasteiger partial charge in [-0.05, 0) is 66.3 Å². The number of fused-ring (bicyclic) bond motifs is 3. The number of allylic oxidation sites excluding steroid dienone is 7. The van der Waals surface area contributed by atoms with E-state index in [1.165, 1.54) is 54.8 Å². The van der Waals surface area contributed by atoms with Crippen molar-refractivity contribution in [3.8, 4) is 11.1 Å². The molecule has 0 N–H and O–H groups in total. The van der Waals surface area contributed by atoms with E-state index in [0.717, 1.165) is 12.8 Å². The molecule has 0 radical (unpaired) electrons. The molecule has 1 aliphatic rings. The van der Waals surface area contributed by atoms with Crippen LogP contribution in [-0.2, 0) is 6.42 Å². The highest BCUT2D eigenvalue weighted by Crippen LogP contribution is 2.44. The maximum atomic E-state index is 3.83. The maximum absolute atomic E-state index is 3.83. The number of thiophene rings is 1. The Bertz CT molecular complexity index is 1100. The fourth-order valence-corrected chi connectivity index (χ4v) is 5.42. The van der Waals surface area contributed by atoms with Crippen LogP contribution in [0.25, 0.3) is 26.8 Å². The van der Waals surface area contributed by atoms with Gasteiger partial charge in [0.05, 0.1) is 0 Å². The summed E-state index contributed by atoms with van der Waals surface area (Å²) in [6.45, 7) is 12.1. The zero-order valence-electron chi connectivity index (χ0n) is 18.7. The first-order valence-electron chi connectivity index (χ1n) is 11.0. The molecule has 0 fully saturated rings. The van der Waals surface area contributed by atoms with Gasteiger partial charge >= 0.3 is 0 Å². The Labute approximate surface area is 186 Å². The van der Waals surface area contributed by atoms with Crippen molar-refractivity contribution in [2.45, 2.75) is 47.0 Å². The van der Waals surface area contributed by atoms with Crippen molar-refractivity contribution in [3.63, 3.8) is 0 Å². The van der Waals surface area contributed by atoms with Gasteiger partial charge < -0.3 is 0 Å². The van der Waals surface area contributed by atoms with Crippen molar-refractivity contribution < 1.29 is 0 Å². The monoisotopic (exact) mass is 412 g/mol. The number of aryl methyl sites for hydroxylation is 2. The summed E-state index contributed by atoms with van der Waals surface area (Å²) in [5.74, 6) is 0. The fraction of sp³-hybridized carbons (Fsp3) is 0.241. The lowest BCUT2D eigenvalue weighted by Gasteiger charge is -2.07. The highest BCUT2D eigenvalue weighted by molar-refractivity contribution is 7.21. The first-order valence-corrected chi connectivity index (χ1v) is 11.8. The summed E-state index contributed by atoms with van der Waals surface area (Å²) < 4.78 is 1.41.